The van der Waals surface area contributed by atoms with E-state index in [1.54, 1.807) is 0 Å². The van der Waals surface area contributed by atoms with E-state index in [0.29, 0.717) is 0 Å². The highest BCUT2D eigenvalue weighted by molar-refractivity contribution is 7.80. The second kappa shape index (κ2) is 7.88. The van der Waals surface area contributed by atoms with Crippen LogP contribution in [-0.2, 0) is 4.74 Å². The highest BCUT2D eigenvalue weighted by Crippen LogP contribution is 2.14. The first-order valence-electron chi connectivity index (χ1n) is 5.92. The number of hydrogen-bond acceptors (Lipinski definition) is 2. The Kier molecular flexibility index (Phi) is 6.68. The summed E-state index contributed by atoms with van der Waals surface area (Å²) in [6, 6.07) is 0. The molecule has 0 bridgehead atoms. The summed E-state index contributed by atoms with van der Waals surface area (Å²) in [6.45, 7) is 5.99. The first-order chi connectivity index (χ1) is 7.33. The van der Waals surface area contributed by atoms with E-state index in [2.05, 4.69) is 17.6 Å². The van der Waals surface area contributed by atoms with E-state index in [1.807, 2.05) is 0 Å². The molecule has 3 nitrogen and oxygen atoms in total. The highest BCUT2D eigenvalue weighted by atomic mass is 32.1. The molecule has 0 aliphatic carbocycles. The molecular formula is C11H22N2OS. The Labute approximate surface area is 98.0 Å². The molecule has 1 unspecified atom stereocenters. The summed E-state index contributed by atoms with van der Waals surface area (Å²) in [4.78, 5) is 0. The van der Waals surface area contributed by atoms with Crippen molar-refractivity contribution >= 4 is 17.3 Å². The first kappa shape index (κ1) is 12.7. The molecule has 0 radical (unpaired) electrons. The van der Waals surface area contributed by atoms with Crippen LogP contribution >= 0.6 is 12.2 Å². The van der Waals surface area contributed by atoms with Gasteiger partial charge in [-0.05, 0) is 37.4 Å². The van der Waals surface area contributed by atoms with Crippen LogP contribution in [-0.4, -0.2) is 31.4 Å². The van der Waals surface area contributed by atoms with Crippen molar-refractivity contribution in [3.05, 3.63) is 0 Å². The van der Waals surface area contributed by atoms with Crippen LogP contribution in [0.4, 0.5) is 0 Å². The zero-order valence-corrected chi connectivity index (χ0v) is 10.4. The molecule has 1 fully saturated rings. The van der Waals surface area contributed by atoms with Gasteiger partial charge >= 0.3 is 0 Å². The van der Waals surface area contributed by atoms with Gasteiger partial charge in [0.2, 0.25) is 0 Å². The van der Waals surface area contributed by atoms with Crippen molar-refractivity contribution in [2.75, 3.05) is 26.3 Å². The summed E-state index contributed by atoms with van der Waals surface area (Å²) in [7, 11) is 0. The second-order valence-electron chi connectivity index (χ2n) is 4.05. The molecule has 1 atom stereocenters. The van der Waals surface area contributed by atoms with Gasteiger partial charge in [-0.2, -0.15) is 0 Å². The van der Waals surface area contributed by atoms with Crippen molar-refractivity contribution in [2.24, 2.45) is 5.92 Å². The van der Waals surface area contributed by atoms with E-state index >= 15 is 0 Å². The molecule has 0 saturated carbocycles. The molecule has 4 heteroatoms. The number of nitrogens with one attached hydrogen (secondary N) is 2. The van der Waals surface area contributed by atoms with Crippen molar-refractivity contribution in [3.8, 4) is 0 Å². The minimum absolute atomic E-state index is 0.732. The van der Waals surface area contributed by atoms with Gasteiger partial charge < -0.3 is 15.4 Å². The smallest absolute Gasteiger partial charge is 0.166 e. The maximum absolute atomic E-state index is 5.32. The Hall–Kier alpha value is -0.350. The van der Waals surface area contributed by atoms with Crippen molar-refractivity contribution in [1.29, 1.82) is 0 Å². The number of thiocarbonyl (C=S) groups is 1. The van der Waals surface area contributed by atoms with Crippen molar-refractivity contribution in [2.45, 2.75) is 32.6 Å². The summed E-state index contributed by atoms with van der Waals surface area (Å²) >= 11 is 5.15. The van der Waals surface area contributed by atoms with E-state index in [4.69, 9.17) is 17.0 Å². The molecule has 88 valence electrons. The lowest BCUT2D eigenvalue weighted by Gasteiger charge is -2.11. The van der Waals surface area contributed by atoms with Crippen molar-refractivity contribution in [3.63, 3.8) is 0 Å². The first-order valence-corrected chi connectivity index (χ1v) is 6.33. The summed E-state index contributed by atoms with van der Waals surface area (Å²) in [5.41, 5.74) is 0. The molecule has 2 N–H and O–H groups in total. The standard InChI is InChI=1S/C11H22N2OS/c1-2-3-6-12-11(15)13-7-4-10-5-8-14-9-10/h10H,2-9H2,1H3,(H2,12,13,15). The number of unbranched alkanes of at least 4 members (excludes halogenated alkanes) is 1. The molecule has 1 rings (SSSR count). The van der Waals surface area contributed by atoms with E-state index in [-0.39, 0.29) is 0 Å². The Bertz CT molecular complexity index is 181. The monoisotopic (exact) mass is 230 g/mol. The minimum Gasteiger partial charge on any atom is -0.381 e. The van der Waals surface area contributed by atoms with Gasteiger partial charge in [-0.3, -0.25) is 0 Å². The van der Waals surface area contributed by atoms with Crippen molar-refractivity contribution in [1.82, 2.24) is 10.6 Å². The maximum atomic E-state index is 5.32. The normalized spacial score (nSPS) is 20.2. The maximum Gasteiger partial charge on any atom is 0.166 e. The molecule has 0 spiro atoms. The summed E-state index contributed by atoms with van der Waals surface area (Å²) in [5.74, 6) is 0.732. The van der Waals surface area contributed by atoms with Crippen molar-refractivity contribution < 1.29 is 4.74 Å². The predicted molar refractivity (Wildman–Crippen MR) is 67.1 cm³/mol. The minimum atomic E-state index is 0.732. The molecule has 1 aliphatic rings. The molecule has 1 aliphatic heterocycles. The number of hydrogen-bond donors (Lipinski definition) is 2. The molecule has 15 heavy (non-hydrogen) atoms. The van der Waals surface area contributed by atoms with Gasteiger partial charge in [-0.1, -0.05) is 13.3 Å². The molecule has 1 saturated heterocycles. The zero-order chi connectivity index (χ0) is 10.9. The van der Waals surface area contributed by atoms with E-state index in [9.17, 15) is 0 Å². The van der Waals surface area contributed by atoms with Crippen LogP contribution in [0.1, 0.15) is 32.6 Å². The van der Waals surface area contributed by atoms with Gasteiger partial charge in [0.05, 0.1) is 0 Å². The lowest BCUT2D eigenvalue weighted by Crippen LogP contribution is -2.36. The predicted octanol–water partition coefficient (Wildman–Crippen LogP) is 1.68. The molecule has 0 aromatic heterocycles. The average molecular weight is 230 g/mol. The van der Waals surface area contributed by atoms with Gasteiger partial charge in [0, 0.05) is 26.3 Å². The largest absolute Gasteiger partial charge is 0.381 e. The summed E-state index contributed by atoms with van der Waals surface area (Å²) in [5, 5.41) is 7.23. The van der Waals surface area contributed by atoms with Crippen LogP contribution < -0.4 is 10.6 Å². The third-order valence-corrected chi connectivity index (χ3v) is 2.97. The van der Waals surface area contributed by atoms with Gasteiger partial charge in [0.15, 0.2) is 5.11 Å². The SMILES string of the molecule is CCCCNC(=S)NCCC1CCOC1. The van der Waals surface area contributed by atoms with Crippen LogP contribution in [0.3, 0.4) is 0 Å². The molecule has 0 aromatic carbocycles. The third kappa shape index (κ3) is 5.95. The fraction of sp³-hybridized carbons (Fsp3) is 0.909. The van der Waals surface area contributed by atoms with Crippen LogP contribution in [0, 0.1) is 5.92 Å². The zero-order valence-electron chi connectivity index (χ0n) is 9.55. The molecule has 0 aromatic rings. The number of rotatable bonds is 6. The quantitative estimate of drug-likeness (QED) is 0.537. The molecular weight excluding hydrogens is 208 g/mol. The molecule has 1 heterocycles. The van der Waals surface area contributed by atoms with Gasteiger partial charge in [0.1, 0.15) is 0 Å². The van der Waals surface area contributed by atoms with Crippen LogP contribution in [0.2, 0.25) is 0 Å². The Balaban J connectivity index is 1.91. The van der Waals surface area contributed by atoms with Crippen LogP contribution in [0.25, 0.3) is 0 Å². The number of ether oxygens (including phenoxy) is 1. The molecule has 0 amide bonds. The Morgan fingerprint density at radius 3 is 2.87 bits per heavy atom. The van der Waals surface area contributed by atoms with Gasteiger partial charge in [0.25, 0.3) is 0 Å². The summed E-state index contributed by atoms with van der Waals surface area (Å²) in [6.07, 6.45) is 4.75. The van der Waals surface area contributed by atoms with E-state index < -0.39 is 0 Å². The Morgan fingerprint density at radius 2 is 2.20 bits per heavy atom. The lowest BCUT2D eigenvalue weighted by molar-refractivity contribution is 0.184. The van der Waals surface area contributed by atoms with E-state index in [1.165, 1.54) is 19.3 Å². The van der Waals surface area contributed by atoms with E-state index in [0.717, 1.165) is 43.8 Å². The Morgan fingerprint density at radius 1 is 1.40 bits per heavy atom. The third-order valence-electron chi connectivity index (χ3n) is 2.68. The fourth-order valence-corrected chi connectivity index (χ4v) is 1.85. The summed E-state index contributed by atoms with van der Waals surface area (Å²) < 4.78 is 5.32. The van der Waals surface area contributed by atoms with Gasteiger partial charge in [-0.25, -0.2) is 0 Å². The lowest BCUT2D eigenvalue weighted by atomic mass is 10.1. The van der Waals surface area contributed by atoms with Gasteiger partial charge in [-0.15, -0.1) is 0 Å². The average Bonchev–Trinajstić information content (AvgIpc) is 2.71. The second-order valence-corrected chi connectivity index (χ2v) is 4.46. The topological polar surface area (TPSA) is 33.3 Å². The van der Waals surface area contributed by atoms with Crippen LogP contribution in [0.5, 0.6) is 0 Å². The van der Waals surface area contributed by atoms with Crippen LogP contribution in [0.15, 0.2) is 0 Å². The highest BCUT2D eigenvalue weighted by Gasteiger charge is 2.14. The fourth-order valence-electron chi connectivity index (χ4n) is 1.64.